The van der Waals surface area contributed by atoms with Crippen molar-refractivity contribution in [1.29, 1.82) is 0 Å². The summed E-state index contributed by atoms with van der Waals surface area (Å²) in [6.07, 6.45) is -0.300. The lowest BCUT2D eigenvalue weighted by Crippen LogP contribution is -2.38. The summed E-state index contributed by atoms with van der Waals surface area (Å²) in [6, 6.07) is 7.70. The second-order valence-electron chi connectivity index (χ2n) is 4.89. The minimum Gasteiger partial charge on any atom is -0.449 e. The lowest BCUT2D eigenvalue weighted by atomic mass is 10.2. The normalized spacial score (nSPS) is 10.8. The molecule has 0 aliphatic carbocycles. The van der Waals surface area contributed by atoms with Crippen LogP contribution in [0.15, 0.2) is 28.7 Å². The summed E-state index contributed by atoms with van der Waals surface area (Å²) in [7, 11) is 0. The van der Waals surface area contributed by atoms with E-state index in [0.717, 1.165) is 10.2 Å². The van der Waals surface area contributed by atoms with Crippen LogP contribution in [0.25, 0.3) is 0 Å². The Morgan fingerprint density at radius 2 is 1.89 bits per heavy atom. The van der Waals surface area contributed by atoms with Crippen molar-refractivity contribution in [1.82, 2.24) is 0 Å². The van der Waals surface area contributed by atoms with E-state index >= 15 is 0 Å². The molecule has 100 valence electrons. The minimum absolute atomic E-state index is 0.0448. The zero-order chi connectivity index (χ0) is 13.7. The van der Waals surface area contributed by atoms with Crippen LogP contribution in [0.5, 0.6) is 0 Å². The highest BCUT2D eigenvalue weighted by molar-refractivity contribution is 9.10. The Labute approximate surface area is 117 Å². The van der Waals surface area contributed by atoms with Crippen molar-refractivity contribution >= 4 is 27.7 Å². The molecule has 0 atom stereocenters. The van der Waals surface area contributed by atoms with Crippen molar-refractivity contribution in [3.63, 3.8) is 0 Å². The SMILES string of the molecule is CC(C)COC(=O)N(c1ccccc1Br)C(C)C. The number of carbonyl (C=O) groups is 1. The second-order valence-corrected chi connectivity index (χ2v) is 5.74. The largest absolute Gasteiger partial charge is 0.449 e. The molecule has 4 heteroatoms. The molecule has 1 aromatic rings. The third-order valence-corrected chi connectivity index (χ3v) is 3.04. The number of hydrogen-bond donors (Lipinski definition) is 0. The van der Waals surface area contributed by atoms with Gasteiger partial charge in [-0.25, -0.2) is 4.79 Å². The number of amides is 1. The molecule has 0 unspecified atom stereocenters. The Morgan fingerprint density at radius 1 is 1.28 bits per heavy atom. The van der Waals surface area contributed by atoms with Crippen molar-refractivity contribution in [2.24, 2.45) is 5.92 Å². The standard InChI is InChI=1S/C14H20BrNO2/c1-10(2)9-18-14(17)16(11(3)4)13-8-6-5-7-12(13)15/h5-8,10-11H,9H2,1-4H3. The molecule has 0 N–H and O–H groups in total. The van der Waals surface area contributed by atoms with Gasteiger partial charge in [0, 0.05) is 10.5 Å². The quantitative estimate of drug-likeness (QED) is 0.821. The van der Waals surface area contributed by atoms with Gasteiger partial charge in [-0.05, 0) is 47.8 Å². The van der Waals surface area contributed by atoms with Gasteiger partial charge in [-0.15, -0.1) is 0 Å². The smallest absolute Gasteiger partial charge is 0.414 e. The molecule has 0 saturated heterocycles. The van der Waals surface area contributed by atoms with E-state index in [2.05, 4.69) is 15.9 Å². The first-order chi connectivity index (χ1) is 8.43. The Morgan fingerprint density at radius 3 is 2.39 bits per heavy atom. The topological polar surface area (TPSA) is 29.5 Å². The molecular weight excluding hydrogens is 294 g/mol. The van der Waals surface area contributed by atoms with Gasteiger partial charge in [0.1, 0.15) is 0 Å². The highest BCUT2D eigenvalue weighted by Crippen LogP contribution is 2.28. The van der Waals surface area contributed by atoms with E-state index in [1.54, 1.807) is 4.90 Å². The highest BCUT2D eigenvalue weighted by atomic mass is 79.9. The van der Waals surface area contributed by atoms with Crippen LogP contribution >= 0.6 is 15.9 Å². The predicted molar refractivity (Wildman–Crippen MR) is 77.9 cm³/mol. The molecule has 0 bridgehead atoms. The summed E-state index contributed by atoms with van der Waals surface area (Å²) in [4.78, 5) is 13.8. The number of hydrogen-bond acceptors (Lipinski definition) is 2. The number of ether oxygens (including phenoxy) is 1. The first kappa shape index (κ1) is 15.0. The number of para-hydroxylation sites is 1. The second kappa shape index (κ2) is 6.78. The van der Waals surface area contributed by atoms with Crippen LogP contribution in [-0.2, 0) is 4.74 Å². The third kappa shape index (κ3) is 4.02. The molecule has 0 radical (unpaired) electrons. The number of benzene rings is 1. The molecule has 3 nitrogen and oxygen atoms in total. The van der Waals surface area contributed by atoms with E-state index in [1.165, 1.54) is 0 Å². The number of anilines is 1. The van der Waals surface area contributed by atoms with Gasteiger partial charge in [-0.2, -0.15) is 0 Å². The average Bonchev–Trinajstić information content (AvgIpc) is 2.29. The van der Waals surface area contributed by atoms with Crippen LogP contribution in [0, 0.1) is 5.92 Å². The Hall–Kier alpha value is -1.03. The molecule has 1 aromatic carbocycles. The van der Waals surface area contributed by atoms with Crippen molar-refractivity contribution in [3.05, 3.63) is 28.7 Å². The predicted octanol–water partition coefficient (Wildman–Crippen LogP) is 4.46. The molecule has 1 rings (SSSR count). The van der Waals surface area contributed by atoms with Gasteiger partial charge in [0.05, 0.1) is 12.3 Å². The third-order valence-electron chi connectivity index (χ3n) is 2.37. The van der Waals surface area contributed by atoms with Crippen molar-refractivity contribution in [3.8, 4) is 0 Å². The highest BCUT2D eigenvalue weighted by Gasteiger charge is 2.22. The minimum atomic E-state index is -0.300. The summed E-state index contributed by atoms with van der Waals surface area (Å²) in [5, 5.41) is 0. The van der Waals surface area contributed by atoms with Gasteiger partial charge in [0.15, 0.2) is 0 Å². The molecule has 0 aromatic heterocycles. The maximum absolute atomic E-state index is 12.1. The van der Waals surface area contributed by atoms with Crippen LogP contribution in [0.2, 0.25) is 0 Å². The van der Waals surface area contributed by atoms with Gasteiger partial charge >= 0.3 is 6.09 Å². The summed E-state index contributed by atoms with van der Waals surface area (Å²) >= 11 is 3.46. The van der Waals surface area contributed by atoms with Gasteiger partial charge in [-0.1, -0.05) is 26.0 Å². The first-order valence-corrected chi connectivity index (χ1v) is 6.93. The molecule has 1 amide bonds. The first-order valence-electron chi connectivity index (χ1n) is 6.14. The van der Waals surface area contributed by atoms with E-state index in [-0.39, 0.29) is 12.1 Å². The van der Waals surface area contributed by atoms with Crippen molar-refractivity contribution < 1.29 is 9.53 Å². The summed E-state index contributed by atoms with van der Waals surface area (Å²) < 4.78 is 6.19. The molecule has 0 aliphatic heterocycles. The average molecular weight is 314 g/mol. The fraction of sp³-hybridized carbons (Fsp3) is 0.500. The van der Waals surface area contributed by atoms with E-state index in [1.807, 2.05) is 52.0 Å². The zero-order valence-electron chi connectivity index (χ0n) is 11.3. The number of carbonyl (C=O) groups excluding carboxylic acids is 1. The van der Waals surface area contributed by atoms with Crippen molar-refractivity contribution in [2.45, 2.75) is 33.7 Å². The molecule has 0 fully saturated rings. The monoisotopic (exact) mass is 313 g/mol. The van der Waals surface area contributed by atoms with Crippen LogP contribution in [0.1, 0.15) is 27.7 Å². The van der Waals surface area contributed by atoms with Gasteiger partial charge in [0.2, 0.25) is 0 Å². The fourth-order valence-corrected chi connectivity index (χ4v) is 2.02. The number of nitrogens with zero attached hydrogens (tertiary/aromatic N) is 1. The Bertz CT molecular complexity index is 405. The van der Waals surface area contributed by atoms with Gasteiger partial charge in [0.25, 0.3) is 0 Å². The fourth-order valence-electron chi connectivity index (χ4n) is 1.54. The Balaban J connectivity index is 2.90. The maximum atomic E-state index is 12.1. The van der Waals surface area contributed by atoms with E-state index in [4.69, 9.17) is 4.74 Å². The lowest BCUT2D eigenvalue weighted by Gasteiger charge is -2.27. The zero-order valence-corrected chi connectivity index (χ0v) is 12.9. The molecule has 0 aliphatic rings. The molecule has 0 spiro atoms. The number of halogens is 1. The van der Waals surface area contributed by atoms with E-state index in [0.29, 0.717) is 12.5 Å². The van der Waals surface area contributed by atoms with Crippen LogP contribution in [0.4, 0.5) is 10.5 Å². The Kier molecular flexibility index (Phi) is 5.66. The lowest BCUT2D eigenvalue weighted by molar-refractivity contribution is 0.138. The van der Waals surface area contributed by atoms with E-state index in [9.17, 15) is 4.79 Å². The van der Waals surface area contributed by atoms with Gasteiger partial charge in [-0.3, -0.25) is 4.90 Å². The summed E-state index contributed by atoms with van der Waals surface area (Å²) in [6.45, 7) is 8.41. The van der Waals surface area contributed by atoms with Crippen molar-refractivity contribution in [2.75, 3.05) is 11.5 Å². The van der Waals surface area contributed by atoms with Gasteiger partial charge < -0.3 is 4.74 Å². The summed E-state index contributed by atoms with van der Waals surface area (Å²) in [5.74, 6) is 0.335. The number of rotatable bonds is 4. The van der Waals surface area contributed by atoms with Crippen LogP contribution in [-0.4, -0.2) is 18.7 Å². The molecule has 0 saturated carbocycles. The maximum Gasteiger partial charge on any atom is 0.414 e. The van der Waals surface area contributed by atoms with E-state index < -0.39 is 0 Å². The summed E-state index contributed by atoms with van der Waals surface area (Å²) in [5.41, 5.74) is 0.834. The van der Waals surface area contributed by atoms with Crippen LogP contribution in [0.3, 0.4) is 0 Å². The molecular formula is C14H20BrNO2. The molecule has 0 heterocycles. The van der Waals surface area contributed by atoms with Crippen LogP contribution < -0.4 is 4.90 Å². The molecule has 18 heavy (non-hydrogen) atoms.